The van der Waals surface area contributed by atoms with Gasteiger partial charge in [-0.2, -0.15) is 0 Å². The molecule has 0 fully saturated rings. The van der Waals surface area contributed by atoms with E-state index in [0.29, 0.717) is 0 Å². The SMILES string of the molecule is CCCCCCSc1ccc(-c2ccnc(-c3cc(-c4ccc(SCCCCCC)s4)ccn3)c2)s1. The van der Waals surface area contributed by atoms with Gasteiger partial charge in [0.05, 0.1) is 19.8 Å². The third-order valence-corrected chi connectivity index (χ3v) is 10.9. The molecule has 0 spiro atoms. The first kappa shape index (κ1) is 27.4. The van der Waals surface area contributed by atoms with E-state index in [1.54, 1.807) is 0 Å². The van der Waals surface area contributed by atoms with Crippen molar-refractivity contribution in [1.29, 1.82) is 0 Å². The summed E-state index contributed by atoms with van der Waals surface area (Å²) < 4.78 is 2.80. The zero-order valence-corrected chi connectivity index (χ0v) is 24.6. The molecule has 6 heteroatoms. The van der Waals surface area contributed by atoms with Crippen molar-refractivity contribution < 1.29 is 0 Å². The summed E-state index contributed by atoms with van der Waals surface area (Å²) in [5.41, 5.74) is 4.29. The average molecular weight is 553 g/mol. The number of aromatic nitrogens is 2. The second-order valence-corrected chi connectivity index (χ2v) is 13.9. The zero-order chi connectivity index (χ0) is 25.0. The van der Waals surface area contributed by atoms with Crippen LogP contribution in [0.1, 0.15) is 65.2 Å². The fraction of sp³-hybridized carbons (Fsp3) is 0.400. The smallest absolute Gasteiger partial charge is 0.0892 e. The summed E-state index contributed by atoms with van der Waals surface area (Å²) in [4.78, 5) is 11.9. The van der Waals surface area contributed by atoms with Crippen molar-refractivity contribution in [3.05, 3.63) is 60.9 Å². The number of hydrogen-bond acceptors (Lipinski definition) is 6. The van der Waals surface area contributed by atoms with E-state index in [1.165, 1.54) is 92.2 Å². The second-order valence-electron chi connectivity index (χ2n) is 8.92. The molecule has 0 unspecified atom stereocenters. The molecule has 0 aliphatic heterocycles. The Balaban J connectivity index is 1.40. The van der Waals surface area contributed by atoms with Gasteiger partial charge < -0.3 is 0 Å². The van der Waals surface area contributed by atoms with E-state index in [0.717, 1.165) is 11.4 Å². The van der Waals surface area contributed by atoms with Crippen LogP contribution in [-0.4, -0.2) is 21.5 Å². The lowest BCUT2D eigenvalue weighted by atomic mass is 10.1. The van der Waals surface area contributed by atoms with Crippen molar-refractivity contribution in [1.82, 2.24) is 9.97 Å². The number of thioether (sulfide) groups is 2. The van der Waals surface area contributed by atoms with Gasteiger partial charge in [-0.25, -0.2) is 0 Å². The van der Waals surface area contributed by atoms with Crippen LogP contribution in [0.15, 0.2) is 69.3 Å². The molecule has 0 atom stereocenters. The number of rotatable bonds is 15. The average Bonchev–Trinajstić information content (AvgIpc) is 3.59. The summed E-state index contributed by atoms with van der Waals surface area (Å²) in [6.45, 7) is 4.53. The maximum Gasteiger partial charge on any atom is 0.0892 e. The maximum absolute atomic E-state index is 4.66. The van der Waals surface area contributed by atoms with Crippen molar-refractivity contribution in [3.8, 4) is 32.3 Å². The van der Waals surface area contributed by atoms with Gasteiger partial charge in [-0.05, 0) is 84.0 Å². The molecule has 36 heavy (non-hydrogen) atoms. The number of unbranched alkanes of at least 4 members (excludes halogenated alkanes) is 6. The first-order valence-corrected chi connectivity index (χ1v) is 16.8. The van der Waals surface area contributed by atoms with Gasteiger partial charge in [-0.15, -0.1) is 46.2 Å². The Morgan fingerprint density at radius 2 is 1.06 bits per heavy atom. The van der Waals surface area contributed by atoms with Crippen molar-refractivity contribution in [2.75, 3.05) is 11.5 Å². The van der Waals surface area contributed by atoms with Crippen LogP contribution < -0.4 is 0 Å². The molecule has 0 saturated heterocycles. The molecule has 0 N–H and O–H groups in total. The standard InChI is InChI=1S/C30H36N2S4/c1-3-5-7-9-19-33-29-13-11-27(35-29)23-15-17-31-25(21-23)26-22-24(16-18-32-26)28-12-14-30(36-28)34-20-10-8-6-4-2/h11-18,21-22H,3-10,19-20H2,1-2H3. The van der Waals surface area contributed by atoms with Crippen molar-refractivity contribution in [3.63, 3.8) is 0 Å². The Labute approximate surface area is 233 Å². The first-order valence-electron chi connectivity index (χ1n) is 13.2. The molecule has 2 nitrogen and oxygen atoms in total. The van der Waals surface area contributed by atoms with Crippen LogP contribution in [0.25, 0.3) is 32.3 Å². The van der Waals surface area contributed by atoms with Crippen molar-refractivity contribution in [2.45, 2.75) is 73.6 Å². The van der Waals surface area contributed by atoms with E-state index < -0.39 is 0 Å². The number of nitrogens with zero attached hydrogens (tertiary/aromatic N) is 2. The van der Waals surface area contributed by atoms with E-state index in [4.69, 9.17) is 0 Å². The molecule has 4 aromatic heterocycles. The fourth-order valence-electron chi connectivity index (χ4n) is 3.96. The molecule has 190 valence electrons. The summed E-state index contributed by atoms with van der Waals surface area (Å²) in [7, 11) is 0. The Hall–Kier alpha value is -1.60. The van der Waals surface area contributed by atoms with Gasteiger partial charge in [0.2, 0.25) is 0 Å². The number of pyridine rings is 2. The number of hydrogen-bond donors (Lipinski definition) is 0. The molecule has 0 saturated carbocycles. The molecule has 0 aromatic carbocycles. The minimum atomic E-state index is 0.929. The van der Waals surface area contributed by atoms with E-state index >= 15 is 0 Å². The Kier molecular flexibility index (Phi) is 11.4. The summed E-state index contributed by atoms with van der Waals surface area (Å²) in [6, 6.07) is 17.6. The van der Waals surface area contributed by atoms with Gasteiger partial charge in [-0.1, -0.05) is 52.4 Å². The van der Waals surface area contributed by atoms with Gasteiger partial charge in [0.25, 0.3) is 0 Å². The highest BCUT2D eigenvalue weighted by Crippen LogP contribution is 2.37. The largest absolute Gasteiger partial charge is 0.255 e. The van der Waals surface area contributed by atoms with E-state index in [1.807, 2.05) is 58.6 Å². The normalized spacial score (nSPS) is 11.3. The quantitative estimate of drug-likeness (QED) is 0.108. The monoisotopic (exact) mass is 552 g/mol. The second kappa shape index (κ2) is 15.0. The molecule has 4 rings (SSSR count). The molecule has 4 aromatic rings. The molecular formula is C30H36N2S4. The lowest BCUT2D eigenvalue weighted by Gasteiger charge is -2.05. The highest BCUT2D eigenvalue weighted by molar-refractivity contribution is 8.01. The summed E-state index contributed by atoms with van der Waals surface area (Å²) in [6.07, 6.45) is 14.4. The summed E-state index contributed by atoms with van der Waals surface area (Å²) in [5, 5.41) is 0. The van der Waals surface area contributed by atoms with E-state index in [-0.39, 0.29) is 0 Å². The molecule has 0 bridgehead atoms. The maximum atomic E-state index is 4.66. The Bertz CT molecular complexity index is 1100. The first-order chi connectivity index (χ1) is 17.8. The summed E-state index contributed by atoms with van der Waals surface area (Å²) in [5.74, 6) is 2.42. The fourth-order valence-corrected chi connectivity index (χ4v) is 8.36. The minimum Gasteiger partial charge on any atom is -0.255 e. The van der Waals surface area contributed by atoms with Crippen LogP contribution in [-0.2, 0) is 0 Å². The Morgan fingerprint density at radius 1 is 0.583 bits per heavy atom. The van der Waals surface area contributed by atoms with E-state index in [9.17, 15) is 0 Å². The highest BCUT2D eigenvalue weighted by Gasteiger charge is 2.10. The predicted octanol–water partition coefficient (Wildman–Crippen LogP) is 10.9. The van der Waals surface area contributed by atoms with Crippen LogP contribution in [0, 0.1) is 0 Å². The van der Waals surface area contributed by atoms with Crippen LogP contribution in [0.2, 0.25) is 0 Å². The van der Waals surface area contributed by atoms with Crippen LogP contribution in [0.5, 0.6) is 0 Å². The zero-order valence-electron chi connectivity index (χ0n) is 21.4. The van der Waals surface area contributed by atoms with Crippen LogP contribution in [0.4, 0.5) is 0 Å². The van der Waals surface area contributed by atoms with Gasteiger partial charge in [0.1, 0.15) is 0 Å². The topological polar surface area (TPSA) is 25.8 Å². The molecule has 0 aliphatic carbocycles. The molecule has 4 heterocycles. The van der Waals surface area contributed by atoms with Gasteiger partial charge in [0.15, 0.2) is 0 Å². The molecule has 0 aliphatic rings. The van der Waals surface area contributed by atoms with Gasteiger partial charge in [-0.3, -0.25) is 9.97 Å². The third-order valence-electron chi connectivity index (χ3n) is 6.00. The summed E-state index contributed by atoms with van der Waals surface area (Å²) >= 11 is 7.74. The lowest BCUT2D eigenvalue weighted by Crippen LogP contribution is -1.88. The van der Waals surface area contributed by atoms with Crippen molar-refractivity contribution in [2.24, 2.45) is 0 Å². The van der Waals surface area contributed by atoms with Crippen LogP contribution in [0.3, 0.4) is 0 Å². The molecule has 0 radical (unpaired) electrons. The minimum absolute atomic E-state index is 0.929. The Morgan fingerprint density at radius 3 is 1.50 bits per heavy atom. The third kappa shape index (κ3) is 8.20. The highest BCUT2D eigenvalue weighted by atomic mass is 32.2. The van der Waals surface area contributed by atoms with Gasteiger partial charge >= 0.3 is 0 Å². The van der Waals surface area contributed by atoms with Crippen LogP contribution >= 0.6 is 46.2 Å². The predicted molar refractivity (Wildman–Crippen MR) is 164 cm³/mol. The van der Waals surface area contributed by atoms with Crippen molar-refractivity contribution >= 4 is 46.2 Å². The van der Waals surface area contributed by atoms with E-state index in [2.05, 4.69) is 72.3 Å². The number of thiophene rings is 2. The van der Waals surface area contributed by atoms with Gasteiger partial charge in [0, 0.05) is 22.1 Å². The molecule has 0 amide bonds. The lowest BCUT2D eigenvalue weighted by molar-refractivity contribution is 0.706. The molecular weight excluding hydrogens is 517 g/mol.